The van der Waals surface area contributed by atoms with Crippen molar-refractivity contribution in [3.63, 3.8) is 0 Å². The molecule has 2 nitrogen and oxygen atoms in total. The molecule has 0 atom stereocenters. The Hall–Kier alpha value is -1.74. The molecule has 0 spiro atoms. The van der Waals surface area contributed by atoms with E-state index in [9.17, 15) is 4.39 Å². The predicted molar refractivity (Wildman–Crippen MR) is 76.3 cm³/mol. The molecule has 4 heteroatoms. The fourth-order valence-corrected chi connectivity index (χ4v) is 1.98. The highest BCUT2D eigenvalue weighted by Crippen LogP contribution is 2.23. The van der Waals surface area contributed by atoms with Crippen LogP contribution < -0.4 is 10.1 Å². The topological polar surface area (TPSA) is 21.3 Å². The van der Waals surface area contributed by atoms with Crippen molar-refractivity contribution >= 4 is 17.3 Å². The molecule has 2 aromatic rings. The highest BCUT2D eigenvalue weighted by atomic mass is 35.5. The quantitative estimate of drug-likeness (QED) is 0.871. The molecule has 2 aromatic carbocycles. The maximum absolute atomic E-state index is 12.9. The van der Waals surface area contributed by atoms with Crippen molar-refractivity contribution in [2.75, 3.05) is 11.9 Å². The Bertz CT molecular complexity index is 560. The van der Waals surface area contributed by atoms with Gasteiger partial charge in [0.1, 0.15) is 11.6 Å². The van der Waals surface area contributed by atoms with Crippen molar-refractivity contribution < 1.29 is 9.13 Å². The SMILES string of the molecule is CCOc1cccc(CNc2ccc(F)cc2Cl)c1. The van der Waals surface area contributed by atoms with Crippen LogP contribution in [-0.2, 0) is 6.54 Å². The van der Waals surface area contributed by atoms with Gasteiger partial charge in [0, 0.05) is 6.54 Å². The Labute approximate surface area is 117 Å². The number of nitrogens with one attached hydrogen (secondary N) is 1. The molecule has 0 amide bonds. The van der Waals surface area contributed by atoms with Crippen molar-refractivity contribution in [3.05, 3.63) is 58.9 Å². The van der Waals surface area contributed by atoms with E-state index in [1.165, 1.54) is 12.1 Å². The monoisotopic (exact) mass is 279 g/mol. The average Bonchev–Trinajstić information content (AvgIpc) is 2.38. The average molecular weight is 280 g/mol. The Morgan fingerprint density at radius 2 is 2.05 bits per heavy atom. The van der Waals surface area contributed by atoms with E-state index in [0.29, 0.717) is 23.9 Å². The fraction of sp³-hybridized carbons (Fsp3) is 0.200. The first-order valence-electron chi connectivity index (χ1n) is 6.09. The van der Waals surface area contributed by atoms with Gasteiger partial charge in [-0.2, -0.15) is 0 Å². The smallest absolute Gasteiger partial charge is 0.124 e. The second-order valence-electron chi connectivity index (χ2n) is 4.06. The van der Waals surface area contributed by atoms with Crippen LogP contribution in [0.1, 0.15) is 12.5 Å². The summed E-state index contributed by atoms with van der Waals surface area (Å²) in [5, 5.41) is 3.55. The maximum Gasteiger partial charge on any atom is 0.124 e. The lowest BCUT2D eigenvalue weighted by atomic mass is 10.2. The van der Waals surface area contributed by atoms with E-state index in [0.717, 1.165) is 11.3 Å². The lowest BCUT2D eigenvalue weighted by molar-refractivity contribution is 0.340. The Morgan fingerprint density at radius 3 is 2.79 bits per heavy atom. The van der Waals surface area contributed by atoms with Gasteiger partial charge in [-0.15, -0.1) is 0 Å². The number of benzene rings is 2. The molecular formula is C15H15ClFNO. The molecule has 0 heterocycles. The largest absolute Gasteiger partial charge is 0.494 e. The van der Waals surface area contributed by atoms with Crippen molar-refractivity contribution in [3.8, 4) is 5.75 Å². The summed E-state index contributed by atoms with van der Waals surface area (Å²) in [4.78, 5) is 0. The number of rotatable bonds is 5. The third kappa shape index (κ3) is 3.86. The van der Waals surface area contributed by atoms with Gasteiger partial charge in [-0.1, -0.05) is 23.7 Å². The van der Waals surface area contributed by atoms with E-state index >= 15 is 0 Å². The minimum absolute atomic E-state index is 0.339. The third-order valence-electron chi connectivity index (χ3n) is 2.62. The van der Waals surface area contributed by atoms with Gasteiger partial charge in [-0.3, -0.25) is 0 Å². The van der Waals surface area contributed by atoms with Crippen LogP contribution in [0.4, 0.5) is 10.1 Å². The summed E-state index contributed by atoms with van der Waals surface area (Å²) in [7, 11) is 0. The van der Waals surface area contributed by atoms with E-state index in [1.807, 2.05) is 31.2 Å². The normalized spacial score (nSPS) is 10.3. The second kappa shape index (κ2) is 6.43. The molecule has 0 radical (unpaired) electrons. The van der Waals surface area contributed by atoms with Crippen LogP contribution in [0.25, 0.3) is 0 Å². The van der Waals surface area contributed by atoms with Gasteiger partial charge in [-0.05, 0) is 42.8 Å². The molecule has 0 saturated carbocycles. The van der Waals surface area contributed by atoms with Gasteiger partial charge in [0.15, 0.2) is 0 Å². The van der Waals surface area contributed by atoms with Crippen LogP contribution in [0.15, 0.2) is 42.5 Å². The Morgan fingerprint density at radius 1 is 1.21 bits per heavy atom. The number of ether oxygens (including phenoxy) is 1. The molecule has 0 aliphatic heterocycles. The molecule has 0 unspecified atom stereocenters. The van der Waals surface area contributed by atoms with Crippen LogP contribution in [0, 0.1) is 5.82 Å². The summed E-state index contributed by atoms with van der Waals surface area (Å²) in [6, 6.07) is 12.1. The van der Waals surface area contributed by atoms with Gasteiger partial charge in [0.2, 0.25) is 0 Å². The molecule has 2 rings (SSSR count). The third-order valence-corrected chi connectivity index (χ3v) is 2.94. The first kappa shape index (κ1) is 13.7. The zero-order valence-corrected chi connectivity index (χ0v) is 11.4. The molecular weight excluding hydrogens is 265 g/mol. The predicted octanol–water partition coefficient (Wildman–Crippen LogP) is 4.49. The van der Waals surface area contributed by atoms with E-state index in [2.05, 4.69) is 5.32 Å². The summed E-state index contributed by atoms with van der Waals surface area (Å²) >= 11 is 5.95. The standard InChI is InChI=1S/C15H15ClFNO/c1-2-19-13-5-3-4-11(8-13)10-18-15-7-6-12(17)9-14(15)16/h3-9,18H,2,10H2,1H3. The Kier molecular flexibility index (Phi) is 4.63. The minimum Gasteiger partial charge on any atom is -0.494 e. The molecule has 1 N–H and O–H groups in total. The van der Waals surface area contributed by atoms with Crippen molar-refractivity contribution in [2.45, 2.75) is 13.5 Å². The summed E-state index contributed by atoms with van der Waals surface area (Å²) < 4.78 is 18.4. The number of halogens is 2. The molecule has 0 saturated heterocycles. The van der Waals surface area contributed by atoms with Crippen molar-refractivity contribution in [1.82, 2.24) is 0 Å². The first-order valence-corrected chi connectivity index (χ1v) is 6.47. The zero-order chi connectivity index (χ0) is 13.7. The van der Waals surface area contributed by atoms with Crippen molar-refractivity contribution in [2.24, 2.45) is 0 Å². The van der Waals surface area contributed by atoms with Crippen LogP contribution in [0.2, 0.25) is 5.02 Å². The second-order valence-corrected chi connectivity index (χ2v) is 4.47. The van der Waals surface area contributed by atoms with E-state index in [-0.39, 0.29) is 5.82 Å². The molecule has 0 aliphatic rings. The molecule has 0 aromatic heterocycles. The highest BCUT2D eigenvalue weighted by Gasteiger charge is 2.02. The minimum atomic E-state index is -0.339. The van der Waals surface area contributed by atoms with Crippen LogP contribution in [-0.4, -0.2) is 6.61 Å². The van der Waals surface area contributed by atoms with Gasteiger partial charge < -0.3 is 10.1 Å². The number of hydrogen-bond donors (Lipinski definition) is 1. The summed E-state index contributed by atoms with van der Waals surface area (Å²) in [5.41, 5.74) is 1.79. The summed E-state index contributed by atoms with van der Waals surface area (Å²) in [6.07, 6.45) is 0. The van der Waals surface area contributed by atoms with E-state index in [1.54, 1.807) is 6.07 Å². The lowest BCUT2D eigenvalue weighted by Gasteiger charge is -2.10. The molecule has 0 bridgehead atoms. The molecule has 0 aliphatic carbocycles. The van der Waals surface area contributed by atoms with Gasteiger partial charge in [-0.25, -0.2) is 4.39 Å². The highest BCUT2D eigenvalue weighted by molar-refractivity contribution is 6.33. The molecule has 100 valence electrons. The van der Waals surface area contributed by atoms with Gasteiger partial charge >= 0.3 is 0 Å². The van der Waals surface area contributed by atoms with Crippen LogP contribution in [0.3, 0.4) is 0 Å². The lowest BCUT2D eigenvalue weighted by Crippen LogP contribution is -2.01. The number of hydrogen-bond acceptors (Lipinski definition) is 2. The van der Waals surface area contributed by atoms with Gasteiger partial charge in [0.05, 0.1) is 17.3 Å². The Balaban J connectivity index is 2.03. The molecule has 19 heavy (non-hydrogen) atoms. The van der Waals surface area contributed by atoms with Gasteiger partial charge in [0.25, 0.3) is 0 Å². The summed E-state index contributed by atoms with van der Waals surface area (Å²) in [6.45, 7) is 3.19. The zero-order valence-electron chi connectivity index (χ0n) is 10.6. The van der Waals surface area contributed by atoms with E-state index in [4.69, 9.17) is 16.3 Å². The fourth-order valence-electron chi connectivity index (χ4n) is 1.74. The van der Waals surface area contributed by atoms with Crippen LogP contribution >= 0.6 is 11.6 Å². The number of anilines is 1. The maximum atomic E-state index is 12.9. The van der Waals surface area contributed by atoms with Crippen LogP contribution in [0.5, 0.6) is 5.75 Å². The van der Waals surface area contributed by atoms with E-state index < -0.39 is 0 Å². The first-order chi connectivity index (χ1) is 9.19. The summed E-state index contributed by atoms with van der Waals surface area (Å²) in [5.74, 6) is 0.501. The molecule has 0 fully saturated rings. The van der Waals surface area contributed by atoms with Crippen molar-refractivity contribution in [1.29, 1.82) is 0 Å².